The number of nitrogens with one attached hydrogen (secondary N) is 1. The van der Waals surface area contributed by atoms with Gasteiger partial charge in [0.25, 0.3) is 0 Å². The number of hydrogen-bond donors (Lipinski definition) is 1. The van der Waals surface area contributed by atoms with Crippen molar-refractivity contribution in [2.24, 2.45) is 0 Å². The van der Waals surface area contributed by atoms with Gasteiger partial charge < -0.3 is 4.74 Å². The molecule has 0 radical (unpaired) electrons. The molecule has 0 saturated heterocycles. The molecule has 0 bridgehead atoms. The Bertz CT molecular complexity index is 821. The Morgan fingerprint density at radius 3 is 2.67 bits per heavy atom. The van der Waals surface area contributed by atoms with Gasteiger partial charge in [0, 0.05) is 15.7 Å². The van der Waals surface area contributed by atoms with Crippen LogP contribution in [0.3, 0.4) is 0 Å². The second-order valence-electron chi connectivity index (χ2n) is 4.95. The summed E-state index contributed by atoms with van der Waals surface area (Å²) < 4.78 is 5.36. The van der Waals surface area contributed by atoms with Crippen molar-refractivity contribution < 1.29 is 4.74 Å². The summed E-state index contributed by atoms with van der Waals surface area (Å²) in [5.41, 5.74) is 2.04. The molecule has 1 heterocycles. The number of benzene rings is 2. The summed E-state index contributed by atoms with van der Waals surface area (Å²) in [6, 6.07) is 13.9. The van der Waals surface area contributed by atoms with Crippen LogP contribution in [-0.4, -0.2) is 28.5 Å². The van der Waals surface area contributed by atoms with Crippen LogP contribution in [-0.2, 0) is 5.75 Å². The lowest BCUT2D eigenvalue weighted by Gasteiger charge is -2.05. The second-order valence-corrected chi connectivity index (χ2v) is 7.21. The van der Waals surface area contributed by atoms with Gasteiger partial charge in [0.15, 0.2) is 5.82 Å². The lowest BCUT2D eigenvalue weighted by molar-refractivity contribution is 0.416. The van der Waals surface area contributed by atoms with E-state index in [4.69, 9.17) is 16.3 Å². The fourth-order valence-electron chi connectivity index (χ4n) is 2.17. The van der Waals surface area contributed by atoms with Crippen LogP contribution in [0.4, 0.5) is 0 Å². The summed E-state index contributed by atoms with van der Waals surface area (Å²) in [7, 11) is 1.62. The van der Waals surface area contributed by atoms with Crippen molar-refractivity contribution in [2.75, 3.05) is 13.4 Å². The predicted molar refractivity (Wildman–Crippen MR) is 101 cm³/mol. The number of hydrogen-bond acceptors (Lipinski definition) is 5. The quantitative estimate of drug-likeness (QED) is 0.602. The third kappa shape index (κ3) is 4.06. The van der Waals surface area contributed by atoms with E-state index in [0.29, 0.717) is 21.8 Å². The molecule has 0 atom stereocenters. The van der Waals surface area contributed by atoms with Gasteiger partial charge in [0.1, 0.15) is 5.75 Å². The van der Waals surface area contributed by atoms with Gasteiger partial charge >= 0.3 is 0 Å². The van der Waals surface area contributed by atoms with Gasteiger partial charge in [-0.2, -0.15) is 0 Å². The Labute approximate surface area is 154 Å². The molecular weight excluding hydrogens is 362 g/mol. The fourth-order valence-corrected chi connectivity index (χ4v) is 3.50. The molecule has 0 spiro atoms. The molecule has 0 aliphatic carbocycles. The highest BCUT2D eigenvalue weighted by molar-refractivity contribution is 7.98. The largest absolute Gasteiger partial charge is 0.496 e. The number of aromatic amines is 1. The average molecular weight is 378 g/mol. The minimum atomic E-state index is 0.630. The van der Waals surface area contributed by atoms with Crippen molar-refractivity contribution in [1.82, 2.24) is 15.2 Å². The number of ether oxygens (including phenoxy) is 1. The summed E-state index contributed by atoms with van der Waals surface area (Å²) in [5, 5.41) is 8.55. The molecule has 0 saturated carbocycles. The number of H-pyrrole nitrogens is 1. The van der Waals surface area contributed by atoms with Gasteiger partial charge in [0.05, 0.1) is 12.7 Å². The van der Waals surface area contributed by atoms with Crippen molar-refractivity contribution in [3.8, 4) is 17.1 Å². The Balaban J connectivity index is 1.72. The summed E-state index contributed by atoms with van der Waals surface area (Å²) in [6.07, 6.45) is 2.07. The molecule has 3 rings (SSSR count). The molecule has 2 aromatic carbocycles. The van der Waals surface area contributed by atoms with Crippen LogP contribution in [0.15, 0.2) is 52.5 Å². The minimum Gasteiger partial charge on any atom is -0.496 e. The maximum atomic E-state index is 6.07. The number of halogens is 1. The van der Waals surface area contributed by atoms with Crippen molar-refractivity contribution in [3.05, 3.63) is 53.1 Å². The van der Waals surface area contributed by atoms with Crippen LogP contribution in [0.1, 0.15) is 5.56 Å². The van der Waals surface area contributed by atoms with E-state index < -0.39 is 0 Å². The van der Waals surface area contributed by atoms with Crippen molar-refractivity contribution in [1.29, 1.82) is 0 Å². The van der Waals surface area contributed by atoms with E-state index in [1.54, 1.807) is 36.7 Å². The predicted octanol–water partition coefficient (Wildman–Crippen LogP) is 5.15. The maximum Gasteiger partial charge on any atom is 0.209 e. The van der Waals surface area contributed by atoms with Gasteiger partial charge in [-0.15, -0.1) is 16.9 Å². The van der Waals surface area contributed by atoms with E-state index in [2.05, 4.69) is 45.7 Å². The van der Waals surface area contributed by atoms with Crippen LogP contribution in [0, 0.1) is 0 Å². The Kier molecular flexibility index (Phi) is 5.71. The molecule has 7 heteroatoms. The van der Waals surface area contributed by atoms with Gasteiger partial charge in [0.2, 0.25) is 5.16 Å². The summed E-state index contributed by atoms with van der Waals surface area (Å²) in [6.45, 7) is 0. The average Bonchev–Trinajstić information content (AvgIpc) is 3.09. The zero-order valence-electron chi connectivity index (χ0n) is 13.2. The van der Waals surface area contributed by atoms with Crippen molar-refractivity contribution in [2.45, 2.75) is 15.8 Å². The van der Waals surface area contributed by atoms with Crippen molar-refractivity contribution >= 4 is 35.1 Å². The first kappa shape index (κ1) is 17.2. The smallest absolute Gasteiger partial charge is 0.209 e. The van der Waals surface area contributed by atoms with E-state index in [1.807, 2.05) is 12.1 Å². The lowest BCUT2D eigenvalue weighted by atomic mass is 10.2. The topological polar surface area (TPSA) is 50.8 Å². The highest BCUT2D eigenvalue weighted by Gasteiger charge is 2.12. The molecule has 1 N–H and O–H groups in total. The zero-order valence-corrected chi connectivity index (χ0v) is 15.6. The normalized spacial score (nSPS) is 10.8. The molecule has 4 nitrogen and oxygen atoms in total. The number of aromatic nitrogens is 3. The molecule has 0 aliphatic heterocycles. The van der Waals surface area contributed by atoms with Crippen LogP contribution in [0.2, 0.25) is 5.02 Å². The van der Waals surface area contributed by atoms with Gasteiger partial charge in [-0.05, 0) is 42.2 Å². The maximum absolute atomic E-state index is 6.07. The Hall–Kier alpha value is -1.63. The van der Waals surface area contributed by atoms with Crippen LogP contribution < -0.4 is 4.74 Å². The van der Waals surface area contributed by atoms with Crippen molar-refractivity contribution in [3.63, 3.8) is 0 Å². The summed E-state index contributed by atoms with van der Waals surface area (Å²) in [4.78, 5) is 5.79. The van der Waals surface area contributed by atoms with E-state index >= 15 is 0 Å². The highest BCUT2D eigenvalue weighted by Crippen LogP contribution is 2.31. The SMILES string of the molecule is COc1ccc(Cl)cc1-c1nc(SCc2ccc(SC)cc2)n[nH]1. The first-order valence-corrected chi connectivity index (χ1v) is 9.80. The lowest BCUT2D eigenvalue weighted by Crippen LogP contribution is -1.89. The third-order valence-electron chi connectivity index (χ3n) is 3.41. The standard InChI is InChI=1S/C17H16ClN3OS2/c1-22-15-8-5-12(18)9-14(15)16-19-17(21-20-16)24-10-11-3-6-13(23-2)7-4-11/h3-9H,10H2,1-2H3,(H,19,20,21). The molecule has 24 heavy (non-hydrogen) atoms. The Morgan fingerprint density at radius 2 is 1.96 bits per heavy atom. The number of methoxy groups -OCH3 is 1. The molecule has 0 unspecified atom stereocenters. The second kappa shape index (κ2) is 7.96. The van der Waals surface area contributed by atoms with Crippen LogP contribution in [0.5, 0.6) is 5.75 Å². The van der Waals surface area contributed by atoms with E-state index in [9.17, 15) is 0 Å². The van der Waals surface area contributed by atoms with E-state index in [0.717, 1.165) is 11.3 Å². The molecule has 0 aliphatic rings. The number of nitrogens with zero attached hydrogens (tertiary/aromatic N) is 2. The highest BCUT2D eigenvalue weighted by atomic mass is 35.5. The molecule has 124 valence electrons. The zero-order chi connectivity index (χ0) is 16.9. The van der Waals surface area contributed by atoms with Crippen LogP contribution in [0.25, 0.3) is 11.4 Å². The molecule has 0 amide bonds. The number of rotatable bonds is 6. The Morgan fingerprint density at radius 1 is 1.17 bits per heavy atom. The molecule has 1 aromatic heterocycles. The van der Waals surface area contributed by atoms with Gasteiger partial charge in [-0.3, -0.25) is 5.10 Å². The summed E-state index contributed by atoms with van der Waals surface area (Å²) in [5.74, 6) is 2.17. The minimum absolute atomic E-state index is 0.630. The molecule has 0 fully saturated rings. The number of thioether (sulfide) groups is 2. The van der Waals surface area contributed by atoms with E-state index in [1.165, 1.54) is 10.5 Å². The summed E-state index contributed by atoms with van der Waals surface area (Å²) >= 11 is 9.40. The first-order chi connectivity index (χ1) is 11.7. The van der Waals surface area contributed by atoms with Gasteiger partial charge in [-0.1, -0.05) is 35.5 Å². The van der Waals surface area contributed by atoms with Gasteiger partial charge in [-0.25, -0.2) is 4.98 Å². The van der Waals surface area contributed by atoms with E-state index in [-0.39, 0.29) is 0 Å². The monoisotopic (exact) mass is 377 g/mol. The first-order valence-electron chi connectivity index (χ1n) is 7.21. The third-order valence-corrected chi connectivity index (χ3v) is 5.31. The molecular formula is C17H16ClN3OS2. The fraction of sp³-hybridized carbons (Fsp3) is 0.176. The van der Waals surface area contributed by atoms with Crippen LogP contribution >= 0.6 is 35.1 Å². The molecule has 3 aromatic rings.